The predicted molar refractivity (Wildman–Crippen MR) is 113 cm³/mol. The molecule has 31 heavy (non-hydrogen) atoms. The molecule has 8 heteroatoms. The summed E-state index contributed by atoms with van der Waals surface area (Å²) in [6.45, 7) is 5.95. The molecule has 4 aromatic rings. The first-order valence-corrected chi connectivity index (χ1v) is 10.1. The maximum absolute atomic E-state index is 13.5. The van der Waals surface area contributed by atoms with Gasteiger partial charge in [-0.25, -0.2) is 9.59 Å². The average Bonchev–Trinajstić information content (AvgIpc) is 3.25. The number of carbonyl (C=O) groups is 1. The van der Waals surface area contributed by atoms with Crippen LogP contribution in [0, 0.1) is 13.8 Å². The van der Waals surface area contributed by atoms with Gasteiger partial charge in [0.05, 0.1) is 16.8 Å². The molecule has 1 aliphatic heterocycles. The van der Waals surface area contributed by atoms with Crippen molar-refractivity contribution in [3.8, 4) is 16.9 Å². The van der Waals surface area contributed by atoms with Gasteiger partial charge in [-0.1, -0.05) is 35.5 Å². The summed E-state index contributed by atoms with van der Waals surface area (Å²) in [4.78, 5) is 25.8. The number of hydrogen-bond acceptors (Lipinski definition) is 5. The fraction of sp³-hybridized carbons (Fsp3) is 0.261. The molecule has 1 aliphatic rings. The summed E-state index contributed by atoms with van der Waals surface area (Å²) < 4.78 is 14.7. The Morgan fingerprint density at radius 3 is 2.52 bits per heavy atom. The molecular formula is C23H21N3O5. The number of carboxylic acid groups (broad SMARTS) is 1. The third kappa shape index (κ3) is 2.64. The lowest BCUT2D eigenvalue weighted by molar-refractivity contribution is -0.147. The molecule has 0 amide bonds. The molecule has 3 heterocycles. The molecule has 1 N–H and O–H groups in total. The minimum atomic E-state index is -1.27. The van der Waals surface area contributed by atoms with Crippen LogP contribution in [0.5, 0.6) is 5.75 Å². The Hall–Kier alpha value is -3.81. The van der Waals surface area contributed by atoms with Gasteiger partial charge in [0, 0.05) is 12.1 Å². The van der Waals surface area contributed by atoms with E-state index in [0.29, 0.717) is 45.9 Å². The minimum absolute atomic E-state index is 0.266. The van der Waals surface area contributed by atoms with E-state index < -0.39 is 18.1 Å². The van der Waals surface area contributed by atoms with Crippen LogP contribution in [0.15, 0.2) is 51.8 Å². The van der Waals surface area contributed by atoms with Crippen LogP contribution in [0.1, 0.15) is 30.0 Å². The lowest BCUT2D eigenvalue weighted by Crippen LogP contribution is -2.44. The molecule has 2 aromatic carbocycles. The first kappa shape index (κ1) is 19.2. The van der Waals surface area contributed by atoms with E-state index in [1.807, 2.05) is 56.3 Å². The normalized spacial score (nSPS) is 17.6. The van der Waals surface area contributed by atoms with E-state index in [1.54, 1.807) is 16.1 Å². The number of ether oxygens (including phenoxy) is 1. The van der Waals surface area contributed by atoms with Gasteiger partial charge < -0.3 is 14.4 Å². The first-order chi connectivity index (χ1) is 14.9. The van der Waals surface area contributed by atoms with Crippen molar-refractivity contribution in [3.05, 3.63) is 70.0 Å². The molecule has 0 saturated carbocycles. The maximum Gasteiger partial charge on any atom is 0.347 e. The van der Waals surface area contributed by atoms with Gasteiger partial charge in [-0.2, -0.15) is 0 Å². The van der Waals surface area contributed by atoms with E-state index >= 15 is 0 Å². The number of benzene rings is 2. The number of imidazole rings is 1. The Morgan fingerprint density at radius 2 is 1.90 bits per heavy atom. The van der Waals surface area contributed by atoms with Crippen molar-refractivity contribution in [3.63, 3.8) is 0 Å². The zero-order chi connectivity index (χ0) is 21.9. The van der Waals surface area contributed by atoms with Crippen LogP contribution in [-0.2, 0) is 11.3 Å². The van der Waals surface area contributed by atoms with Gasteiger partial charge in [-0.3, -0.25) is 9.13 Å². The van der Waals surface area contributed by atoms with Crippen molar-refractivity contribution in [1.29, 1.82) is 0 Å². The predicted octanol–water partition coefficient (Wildman–Crippen LogP) is 3.53. The van der Waals surface area contributed by atoms with E-state index in [9.17, 15) is 14.7 Å². The molecule has 0 saturated heterocycles. The number of aromatic nitrogens is 3. The highest BCUT2D eigenvalue weighted by Gasteiger charge is 2.42. The number of hydrogen-bond donors (Lipinski definition) is 1. The van der Waals surface area contributed by atoms with E-state index in [1.165, 1.54) is 0 Å². The molecule has 5 rings (SSSR count). The lowest BCUT2D eigenvalue weighted by Gasteiger charge is -2.32. The quantitative estimate of drug-likeness (QED) is 0.543. The fourth-order valence-corrected chi connectivity index (χ4v) is 4.57. The summed E-state index contributed by atoms with van der Waals surface area (Å²) in [7, 11) is 0. The van der Waals surface area contributed by atoms with Gasteiger partial charge >= 0.3 is 11.7 Å². The summed E-state index contributed by atoms with van der Waals surface area (Å²) in [6.07, 6.45) is -1.27. The van der Waals surface area contributed by atoms with Crippen molar-refractivity contribution in [2.75, 3.05) is 0 Å². The first-order valence-electron chi connectivity index (χ1n) is 10.1. The van der Waals surface area contributed by atoms with Gasteiger partial charge in [0.2, 0.25) is 6.10 Å². The van der Waals surface area contributed by atoms with E-state index in [0.717, 1.165) is 5.56 Å². The summed E-state index contributed by atoms with van der Waals surface area (Å²) in [5.74, 6) is -0.189. The lowest BCUT2D eigenvalue weighted by atomic mass is 9.96. The zero-order valence-corrected chi connectivity index (χ0v) is 17.3. The average molecular weight is 419 g/mol. The van der Waals surface area contributed by atoms with Crippen LogP contribution < -0.4 is 10.4 Å². The van der Waals surface area contributed by atoms with E-state index in [4.69, 9.17) is 9.26 Å². The number of nitrogens with zero attached hydrogens (tertiary/aromatic N) is 3. The molecule has 0 spiro atoms. The number of carboxylic acids is 1. The monoisotopic (exact) mass is 419 g/mol. The summed E-state index contributed by atoms with van der Waals surface area (Å²) >= 11 is 0. The number of aliphatic carboxylic acids is 1. The Kier molecular flexibility index (Phi) is 4.25. The second-order valence-electron chi connectivity index (χ2n) is 7.64. The fourth-order valence-electron chi connectivity index (χ4n) is 4.57. The smallest absolute Gasteiger partial charge is 0.347 e. The topological polar surface area (TPSA) is 99.5 Å². The Bertz CT molecular complexity index is 1360. The molecule has 2 atom stereocenters. The Morgan fingerprint density at radius 1 is 1.16 bits per heavy atom. The van der Waals surface area contributed by atoms with Crippen LogP contribution >= 0.6 is 0 Å². The molecule has 2 unspecified atom stereocenters. The molecular weight excluding hydrogens is 398 g/mol. The molecule has 158 valence electrons. The van der Waals surface area contributed by atoms with Gasteiger partial charge in [-0.15, -0.1) is 0 Å². The SMILES string of the molecule is CCn1c(=O)n2c3c(c(-c4c(C)noc4C)ccc31)OC(C(=O)O)C2c1ccccc1. The van der Waals surface area contributed by atoms with Gasteiger partial charge in [-0.05, 0) is 38.5 Å². The summed E-state index contributed by atoms with van der Waals surface area (Å²) in [5.41, 5.74) is 3.76. The molecule has 0 aliphatic carbocycles. The largest absolute Gasteiger partial charge is 0.478 e. The molecule has 0 radical (unpaired) electrons. The second-order valence-corrected chi connectivity index (χ2v) is 7.64. The number of aryl methyl sites for hydroxylation is 3. The van der Waals surface area contributed by atoms with Crippen molar-refractivity contribution >= 4 is 17.0 Å². The van der Waals surface area contributed by atoms with Crippen molar-refractivity contribution in [1.82, 2.24) is 14.3 Å². The highest BCUT2D eigenvalue weighted by molar-refractivity contribution is 5.94. The second kappa shape index (κ2) is 6.87. The van der Waals surface area contributed by atoms with E-state index in [-0.39, 0.29) is 5.69 Å². The molecule has 2 aromatic heterocycles. The molecule has 0 fully saturated rings. The van der Waals surface area contributed by atoms with Gasteiger partial charge in [0.25, 0.3) is 0 Å². The summed E-state index contributed by atoms with van der Waals surface area (Å²) in [6, 6.07) is 12.0. The number of rotatable bonds is 4. The van der Waals surface area contributed by atoms with Crippen molar-refractivity contribution in [2.45, 2.75) is 39.5 Å². The van der Waals surface area contributed by atoms with Gasteiger partial charge in [0.1, 0.15) is 17.3 Å². The van der Waals surface area contributed by atoms with Crippen molar-refractivity contribution in [2.24, 2.45) is 0 Å². The van der Waals surface area contributed by atoms with E-state index in [2.05, 4.69) is 5.16 Å². The van der Waals surface area contributed by atoms with Crippen molar-refractivity contribution < 1.29 is 19.2 Å². The van der Waals surface area contributed by atoms with Crippen LogP contribution in [0.4, 0.5) is 0 Å². The van der Waals surface area contributed by atoms with Crippen LogP contribution in [-0.4, -0.2) is 31.5 Å². The van der Waals surface area contributed by atoms with Crippen LogP contribution in [0.2, 0.25) is 0 Å². The third-order valence-corrected chi connectivity index (χ3v) is 5.89. The standard InChI is InChI=1S/C23H21N3O5/c1-4-25-16-11-10-15(17-12(2)24-31-13(17)3)20-19(16)26(23(25)29)18(21(30-20)22(27)28)14-8-6-5-7-9-14/h5-11,18,21H,4H2,1-3H3,(H,27,28). The van der Waals surface area contributed by atoms with Crippen LogP contribution in [0.25, 0.3) is 22.2 Å². The third-order valence-electron chi connectivity index (χ3n) is 5.89. The molecule has 8 nitrogen and oxygen atoms in total. The maximum atomic E-state index is 13.5. The zero-order valence-electron chi connectivity index (χ0n) is 17.3. The highest BCUT2D eigenvalue weighted by atomic mass is 16.5. The molecule has 0 bridgehead atoms. The summed E-state index contributed by atoms with van der Waals surface area (Å²) in [5, 5.41) is 14.1. The van der Waals surface area contributed by atoms with Crippen LogP contribution in [0.3, 0.4) is 0 Å². The Balaban J connectivity index is 1.91. The van der Waals surface area contributed by atoms with Gasteiger partial charge in [0.15, 0.2) is 5.75 Å². The highest BCUT2D eigenvalue weighted by Crippen LogP contribution is 2.45. The Labute approximate surface area is 177 Å². The minimum Gasteiger partial charge on any atom is -0.478 e.